The van der Waals surface area contributed by atoms with Gasteiger partial charge in [-0.3, -0.25) is 10.1 Å². The summed E-state index contributed by atoms with van der Waals surface area (Å²) in [6.07, 6.45) is 0.697. The molecule has 1 atom stereocenters. The fourth-order valence-corrected chi connectivity index (χ4v) is 4.42. The van der Waals surface area contributed by atoms with Crippen molar-refractivity contribution in [3.05, 3.63) is 25.1 Å². The number of nitro benzene ring substituents is 1. The zero-order valence-corrected chi connectivity index (χ0v) is 20.7. The molecule has 10 nitrogen and oxygen atoms in total. The molecule has 2 N–H and O–H groups in total. The van der Waals surface area contributed by atoms with Gasteiger partial charge in [-0.15, -0.1) is 0 Å². The molecule has 0 spiro atoms. The summed E-state index contributed by atoms with van der Waals surface area (Å²) in [6, 6.07) is 1.65. The monoisotopic (exact) mass is 561 g/mol. The van der Waals surface area contributed by atoms with Crippen molar-refractivity contribution in [2.75, 3.05) is 24.6 Å². The predicted molar refractivity (Wildman–Crippen MR) is 123 cm³/mol. The van der Waals surface area contributed by atoms with E-state index in [0.717, 1.165) is 0 Å². The minimum atomic E-state index is -0.583. The lowest BCUT2D eigenvalue weighted by Crippen LogP contribution is -2.40. The number of imidazole rings is 1. The number of alkyl carbamates (subject to hydrolysis) is 1. The van der Waals surface area contributed by atoms with Crippen LogP contribution in [0.15, 0.2) is 15.0 Å². The SMILES string of the molecule is CC(C)(C)OC(=O)N[C@@H]1CCN(c2nc3c([N+](=O)[O-])c(Br)c(Br)cc3n2CCCO)C1. The van der Waals surface area contributed by atoms with Crippen molar-refractivity contribution in [2.24, 2.45) is 0 Å². The van der Waals surface area contributed by atoms with Crippen molar-refractivity contribution in [1.29, 1.82) is 0 Å². The van der Waals surface area contributed by atoms with Crippen molar-refractivity contribution < 1.29 is 19.6 Å². The molecule has 31 heavy (non-hydrogen) atoms. The topological polar surface area (TPSA) is 123 Å². The van der Waals surface area contributed by atoms with Crippen LogP contribution in [0.2, 0.25) is 0 Å². The number of fused-ring (bicyclic) bond motifs is 1. The molecule has 2 aromatic rings. The molecule has 0 saturated carbocycles. The van der Waals surface area contributed by atoms with E-state index in [9.17, 15) is 20.0 Å². The van der Waals surface area contributed by atoms with Crippen molar-refractivity contribution in [1.82, 2.24) is 14.9 Å². The molecule has 0 unspecified atom stereocenters. The zero-order valence-electron chi connectivity index (χ0n) is 17.5. The van der Waals surface area contributed by atoms with Crippen LogP contribution in [-0.2, 0) is 11.3 Å². The predicted octanol–water partition coefficient (Wildman–Crippen LogP) is 3.96. The van der Waals surface area contributed by atoms with E-state index < -0.39 is 16.6 Å². The van der Waals surface area contributed by atoms with Crippen LogP contribution in [0.25, 0.3) is 11.0 Å². The molecule has 170 valence electrons. The number of nitro groups is 1. The number of carbonyl (C=O) groups is 1. The summed E-state index contributed by atoms with van der Waals surface area (Å²) >= 11 is 6.65. The lowest BCUT2D eigenvalue weighted by Gasteiger charge is -2.22. The Kier molecular flexibility index (Phi) is 7.11. The van der Waals surface area contributed by atoms with Gasteiger partial charge in [-0.05, 0) is 71.5 Å². The summed E-state index contributed by atoms with van der Waals surface area (Å²) in [7, 11) is 0. The van der Waals surface area contributed by atoms with Crippen molar-refractivity contribution in [2.45, 2.75) is 51.8 Å². The van der Waals surface area contributed by atoms with Gasteiger partial charge in [0.05, 0.1) is 16.5 Å². The Morgan fingerprint density at radius 2 is 2.16 bits per heavy atom. The molecule has 1 amide bonds. The van der Waals surface area contributed by atoms with Crippen LogP contribution < -0.4 is 10.2 Å². The fourth-order valence-electron chi connectivity index (χ4n) is 3.57. The van der Waals surface area contributed by atoms with Crippen LogP contribution >= 0.6 is 31.9 Å². The van der Waals surface area contributed by atoms with E-state index in [1.807, 2.05) is 9.47 Å². The van der Waals surface area contributed by atoms with Crippen LogP contribution in [0.3, 0.4) is 0 Å². The summed E-state index contributed by atoms with van der Waals surface area (Å²) in [5.41, 5.74) is 0.182. The van der Waals surface area contributed by atoms with Crippen molar-refractivity contribution >= 4 is 60.6 Å². The van der Waals surface area contributed by atoms with Crippen LogP contribution in [-0.4, -0.2) is 57.0 Å². The quantitative estimate of drug-likeness (QED) is 0.403. The van der Waals surface area contributed by atoms with E-state index in [1.165, 1.54) is 0 Å². The molecule has 1 saturated heterocycles. The van der Waals surface area contributed by atoms with Gasteiger partial charge < -0.3 is 24.6 Å². The molecule has 0 radical (unpaired) electrons. The maximum Gasteiger partial charge on any atom is 0.407 e. The first-order valence-electron chi connectivity index (χ1n) is 9.89. The Morgan fingerprint density at radius 1 is 1.45 bits per heavy atom. The van der Waals surface area contributed by atoms with E-state index in [1.54, 1.807) is 26.8 Å². The van der Waals surface area contributed by atoms with Crippen molar-refractivity contribution in [3.63, 3.8) is 0 Å². The van der Waals surface area contributed by atoms with Crippen LogP contribution in [0.4, 0.5) is 16.4 Å². The Morgan fingerprint density at radius 3 is 2.77 bits per heavy atom. The summed E-state index contributed by atoms with van der Waals surface area (Å²) < 4.78 is 8.09. The lowest BCUT2D eigenvalue weighted by atomic mass is 10.2. The van der Waals surface area contributed by atoms with Crippen LogP contribution in [0, 0.1) is 10.1 Å². The highest BCUT2D eigenvalue weighted by Gasteiger charge is 2.32. The fraction of sp³-hybridized carbons (Fsp3) is 0.579. The number of halogens is 2. The van der Waals surface area contributed by atoms with Gasteiger partial charge in [0.2, 0.25) is 5.95 Å². The van der Waals surface area contributed by atoms with Gasteiger partial charge in [0.1, 0.15) is 10.1 Å². The van der Waals surface area contributed by atoms with Gasteiger partial charge in [0, 0.05) is 30.7 Å². The first-order chi connectivity index (χ1) is 14.5. The number of amides is 1. The molecule has 12 heteroatoms. The number of aliphatic hydroxyl groups excluding tert-OH is 1. The number of aromatic nitrogens is 2. The Labute approximate surface area is 196 Å². The smallest absolute Gasteiger partial charge is 0.407 e. The average Bonchev–Trinajstić information content (AvgIpc) is 3.23. The van der Waals surface area contributed by atoms with Crippen LogP contribution in [0.1, 0.15) is 33.6 Å². The molecule has 1 aliphatic heterocycles. The summed E-state index contributed by atoms with van der Waals surface area (Å²) in [6.45, 7) is 6.98. The third-order valence-corrected chi connectivity index (χ3v) is 6.77. The number of ether oxygens (including phenoxy) is 1. The average molecular weight is 563 g/mol. The summed E-state index contributed by atoms with van der Waals surface area (Å²) in [5.74, 6) is 0.574. The third-order valence-electron chi connectivity index (χ3n) is 4.81. The number of hydrogen-bond acceptors (Lipinski definition) is 7. The number of nitrogens with zero attached hydrogens (tertiary/aromatic N) is 4. The van der Waals surface area contributed by atoms with Gasteiger partial charge in [-0.1, -0.05) is 0 Å². The van der Waals surface area contributed by atoms with E-state index in [0.29, 0.717) is 52.9 Å². The number of aliphatic hydroxyl groups is 1. The van der Waals surface area contributed by atoms with Gasteiger partial charge in [0.15, 0.2) is 5.52 Å². The number of nitrogens with one attached hydrogen (secondary N) is 1. The number of aryl methyl sites for hydroxylation is 1. The lowest BCUT2D eigenvalue weighted by molar-refractivity contribution is -0.384. The minimum absolute atomic E-state index is 0.0122. The molecule has 1 aromatic heterocycles. The van der Waals surface area contributed by atoms with E-state index in [2.05, 4.69) is 42.2 Å². The minimum Gasteiger partial charge on any atom is -0.444 e. The number of carbonyl (C=O) groups excluding carboxylic acids is 1. The standard InChI is InChI=1S/C19H25Br2N5O5/c1-19(2,3)31-18(28)22-11-5-7-24(10-11)17-23-15-13(25(17)6-4-8-27)9-12(20)14(21)16(15)26(29)30/h9,11,27H,4-8,10H2,1-3H3,(H,22,28)/t11-/m1/s1. The Balaban J connectivity index is 1.93. The summed E-state index contributed by atoms with van der Waals surface area (Å²) in [5, 5.41) is 23.9. The van der Waals surface area contributed by atoms with E-state index >= 15 is 0 Å². The highest BCUT2D eigenvalue weighted by atomic mass is 79.9. The second-order valence-electron chi connectivity index (χ2n) is 8.36. The normalized spacial score (nSPS) is 16.7. The van der Waals surface area contributed by atoms with Crippen LogP contribution in [0.5, 0.6) is 0 Å². The highest BCUT2D eigenvalue weighted by Crippen LogP contribution is 2.40. The molecule has 1 aliphatic rings. The molecule has 0 aliphatic carbocycles. The van der Waals surface area contributed by atoms with Gasteiger partial charge in [0.25, 0.3) is 0 Å². The maximum atomic E-state index is 12.1. The number of benzene rings is 1. The molecular weight excluding hydrogens is 538 g/mol. The zero-order chi connectivity index (χ0) is 22.9. The second kappa shape index (κ2) is 9.29. The number of rotatable bonds is 6. The van der Waals surface area contributed by atoms with Gasteiger partial charge in [-0.25, -0.2) is 9.78 Å². The van der Waals surface area contributed by atoms with Gasteiger partial charge >= 0.3 is 11.8 Å². The molecule has 3 rings (SSSR count). The largest absolute Gasteiger partial charge is 0.444 e. The molecule has 0 bridgehead atoms. The maximum absolute atomic E-state index is 12.1. The Bertz CT molecular complexity index is 1000. The molecule has 2 heterocycles. The van der Waals surface area contributed by atoms with E-state index in [4.69, 9.17) is 4.74 Å². The first-order valence-corrected chi connectivity index (χ1v) is 11.5. The van der Waals surface area contributed by atoms with Gasteiger partial charge in [-0.2, -0.15) is 0 Å². The molecule has 1 fully saturated rings. The van der Waals surface area contributed by atoms with E-state index in [-0.39, 0.29) is 23.9 Å². The third kappa shape index (κ3) is 5.29. The number of hydrogen-bond donors (Lipinski definition) is 2. The highest BCUT2D eigenvalue weighted by molar-refractivity contribution is 9.13. The first kappa shape index (κ1) is 23.7. The Hall–Kier alpha value is -1.92. The molecular formula is C19H25Br2N5O5. The van der Waals surface area contributed by atoms with Crippen molar-refractivity contribution in [3.8, 4) is 0 Å². The number of anilines is 1. The second-order valence-corrected chi connectivity index (χ2v) is 10.0. The summed E-state index contributed by atoms with van der Waals surface area (Å²) in [4.78, 5) is 30.0. The molecule has 1 aromatic carbocycles.